The van der Waals surface area contributed by atoms with E-state index in [-0.39, 0.29) is 5.97 Å². The molecule has 0 aromatic rings. The Kier molecular flexibility index (Phi) is 11.3. The lowest BCUT2D eigenvalue weighted by molar-refractivity contribution is -0.140. The molecule has 1 rings (SSSR count). The fraction of sp³-hybridized carbons (Fsp3) is 0.667. The highest BCUT2D eigenvalue weighted by Crippen LogP contribution is 2.26. The summed E-state index contributed by atoms with van der Waals surface area (Å²) in [4.78, 5) is 11.0. The zero-order chi connectivity index (χ0) is 16.8. The minimum absolute atomic E-state index is 0.0903. The second-order valence-electron chi connectivity index (χ2n) is 6.39. The molecule has 0 heterocycles. The minimum atomic E-state index is -0.0903. The van der Waals surface area contributed by atoms with E-state index < -0.39 is 0 Å². The van der Waals surface area contributed by atoms with E-state index >= 15 is 0 Å². The number of hydrogen-bond acceptors (Lipinski definition) is 2. The molecule has 0 spiro atoms. The molecule has 0 aromatic carbocycles. The van der Waals surface area contributed by atoms with Gasteiger partial charge in [0.15, 0.2) is 0 Å². The summed E-state index contributed by atoms with van der Waals surface area (Å²) in [6.45, 7) is 2.26. The lowest BCUT2D eigenvalue weighted by Crippen LogP contribution is -1.99. The van der Waals surface area contributed by atoms with Crippen LogP contribution in [0.1, 0.15) is 77.6 Å². The highest BCUT2D eigenvalue weighted by Gasteiger charge is 2.11. The summed E-state index contributed by atoms with van der Waals surface area (Å²) in [5.41, 5.74) is 1.54. The van der Waals surface area contributed by atoms with Gasteiger partial charge in [0.25, 0.3) is 0 Å². The third kappa shape index (κ3) is 9.43. The third-order valence-electron chi connectivity index (χ3n) is 4.41. The quantitative estimate of drug-likeness (QED) is 0.245. The Morgan fingerprint density at radius 3 is 2.74 bits per heavy atom. The number of ether oxygens (including phenoxy) is 1. The molecule has 0 saturated heterocycles. The smallest absolute Gasteiger partial charge is 0.305 e. The maximum absolute atomic E-state index is 11.0. The van der Waals surface area contributed by atoms with Crippen molar-refractivity contribution in [3.8, 4) is 0 Å². The van der Waals surface area contributed by atoms with Gasteiger partial charge in [0, 0.05) is 12.3 Å². The molecule has 130 valence electrons. The topological polar surface area (TPSA) is 26.3 Å². The van der Waals surface area contributed by atoms with Gasteiger partial charge in [-0.05, 0) is 38.5 Å². The molecule has 1 aliphatic rings. The average Bonchev–Trinajstić information content (AvgIpc) is 3.01. The predicted molar refractivity (Wildman–Crippen MR) is 98.3 cm³/mol. The van der Waals surface area contributed by atoms with Gasteiger partial charge in [-0.2, -0.15) is 0 Å². The van der Waals surface area contributed by atoms with E-state index in [4.69, 9.17) is 0 Å². The van der Waals surface area contributed by atoms with Gasteiger partial charge in [-0.1, -0.05) is 68.6 Å². The molecule has 0 radical (unpaired) electrons. The number of hydrogen-bond donors (Lipinski definition) is 0. The number of esters is 1. The van der Waals surface area contributed by atoms with Crippen LogP contribution < -0.4 is 0 Å². The number of unbranched alkanes of at least 4 members (excludes halogenated alkanes) is 7. The molecule has 0 N–H and O–H groups in total. The zero-order valence-electron chi connectivity index (χ0n) is 15.1. The maximum atomic E-state index is 11.0. The fourth-order valence-corrected chi connectivity index (χ4v) is 2.93. The van der Waals surface area contributed by atoms with Crippen molar-refractivity contribution in [2.24, 2.45) is 5.92 Å². The van der Waals surface area contributed by atoms with Gasteiger partial charge < -0.3 is 4.74 Å². The summed E-state index contributed by atoms with van der Waals surface area (Å²) < 4.78 is 4.65. The Morgan fingerprint density at radius 1 is 1.17 bits per heavy atom. The SMILES string of the molecule is CCCCCCC=C[C@H]1C=CCC1=CCCCCCC(=O)OC. The highest BCUT2D eigenvalue weighted by molar-refractivity contribution is 5.68. The molecule has 2 heteroatoms. The summed E-state index contributed by atoms with van der Waals surface area (Å²) in [5.74, 6) is 0.434. The van der Waals surface area contributed by atoms with Crippen LogP contribution >= 0.6 is 0 Å². The van der Waals surface area contributed by atoms with Gasteiger partial charge in [-0.15, -0.1) is 0 Å². The number of carbonyl (C=O) groups excluding carboxylic acids is 1. The van der Waals surface area contributed by atoms with E-state index in [9.17, 15) is 4.79 Å². The van der Waals surface area contributed by atoms with E-state index in [1.165, 1.54) is 39.2 Å². The molecule has 0 saturated carbocycles. The van der Waals surface area contributed by atoms with Crippen LogP contribution in [-0.2, 0) is 9.53 Å². The maximum Gasteiger partial charge on any atom is 0.305 e. The van der Waals surface area contributed by atoms with Crippen LogP contribution in [0.4, 0.5) is 0 Å². The van der Waals surface area contributed by atoms with Crippen molar-refractivity contribution in [1.29, 1.82) is 0 Å². The van der Waals surface area contributed by atoms with Crippen LogP contribution in [0.5, 0.6) is 0 Å². The first-order valence-corrected chi connectivity index (χ1v) is 9.37. The van der Waals surface area contributed by atoms with Gasteiger partial charge in [-0.3, -0.25) is 4.79 Å². The Hall–Kier alpha value is -1.31. The normalized spacial score (nSPS) is 19.0. The Labute approximate surface area is 142 Å². The first-order chi connectivity index (χ1) is 11.3. The van der Waals surface area contributed by atoms with E-state index in [0.717, 1.165) is 32.1 Å². The van der Waals surface area contributed by atoms with Gasteiger partial charge in [0.05, 0.1) is 7.11 Å². The van der Waals surface area contributed by atoms with E-state index in [1.807, 2.05) is 0 Å². The molecule has 0 aliphatic heterocycles. The van der Waals surface area contributed by atoms with Crippen molar-refractivity contribution < 1.29 is 9.53 Å². The van der Waals surface area contributed by atoms with Crippen LogP contribution in [0.25, 0.3) is 0 Å². The Bertz CT molecular complexity index is 404. The summed E-state index contributed by atoms with van der Waals surface area (Å²) in [6.07, 6.45) is 24.3. The van der Waals surface area contributed by atoms with Crippen molar-refractivity contribution in [1.82, 2.24) is 0 Å². The van der Waals surface area contributed by atoms with E-state index in [0.29, 0.717) is 12.3 Å². The summed E-state index contributed by atoms with van der Waals surface area (Å²) in [6, 6.07) is 0. The molecule has 1 aliphatic carbocycles. The molecular formula is C21H34O2. The standard InChI is InChI=1S/C21H34O2/c1-3-4-5-6-7-10-14-19-16-13-17-20(19)15-11-8-9-12-18-21(22)23-2/h10,13-16,19H,3-9,11-12,17-18H2,1-2H3/t19-/m0/s1. The number of rotatable bonds is 12. The molecule has 1 atom stereocenters. The molecule has 23 heavy (non-hydrogen) atoms. The molecule has 2 nitrogen and oxygen atoms in total. The van der Waals surface area contributed by atoms with Gasteiger partial charge >= 0.3 is 5.97 Å². The van der Waals surface area contributed by atoms with Crippen molar-refractivity contribution >= 4 is 5.97 Å². The predicted octanol–water partition coefficient (Wildman–Crippen LogP) is 6.14. The highest BCUT2D eigenvalue weighted by atomic mass is 16.5. The fourth-order valence-electron chi connectivity index (χ4n) is 2.93. The Morgan fingerprint density at radius 2 is 1.96 bits per heavy atom. The largest absolute Gasteiger partial charge is 0.469 e. The van der Waals surface area contributed by atoms with Crippen LogP contribution in [0.2, 0.25) is 0 Å². The molecule has 0 aromatic heterocycles. The number of carbonyl (C=O) groups is 1. The first kappa shape index (κ1) is 19.7. The van der Waals surface area contributed by atoms with Crippen LogP contribution in [0.3, 0.4) is 0 Å². The van der Waals surface area contributed by atoms with Crippen molar-refractivity contribution in [3.05, 3.63) is 36.0 Å². The van der Waals surface area contributed by atoms with Crippen molar-refractivity contribution in [2.45, 2.75) is 77.6 Å². The summed E-state index contributed by atoms with van der Waals surface area (Å²) >= 11 is 0. The molecule has 0 amide bonds. The van der Waals surface area contributed by atoms with Gasteiger partial charge in [0.1, 0.15) is 0 Å². The van der Waals surface area contributed by atoms with E-state index in [2.05, 4.69) is 42.0 Å². The van der Waals surface area contributed by atoms with Crippen LogP contribution in [0.15, 0.2) is 36.0 Å². The lowest BCUT2D eigenvalue weighted by atomic mass is 9.99. The lowest BCUT2D eigenvalue weighted by Gasteiger charge is -2.06. The van der Waals surface area contributed by atoms with E-state index in [1.54, 1.807) is 5.57 Å². The number of allylic oxidation sites excluding steroid dienone is 6. The average molecular weight is 319 g/mol. The Balaban J connectivity index is 2.16. The third-order valence-corrected chi connectivity index (χ3v) is 4.41. The second-order valence-corrected chi connectivity index (χ2v) is 6.39. The summed E-state index contributed by atoms with van der Waals surface area (Å²) in [7, 11) is 1.46. The molecule has 0 unspecified atom stereocenters. The van der Waals surface area contributed by atoms with Crippen molar-refractivity contribution in [2.75, 3.05) is 7.11 Å². The van der Waals surface area contributed by atoms with Gasteiger partial charge in [0.2, 0.25) is 0 Å². The minimum Gasteiger partial charge on any atom is -0.469 e. The molecular weight excluding hydrogens is 284 g/mol. The number of methoxy groups -OCH3 is 1. The van der Waals surface area contributed by atoms with Crippen LogP contribution in [-0.4, -0.2) is 13.1 Å². The monoisotopic (exact) mass is 318 g/mol. The summed E-state index contributed by atoms with van der Waals surface area (Å²) in [5, 5.41) is 0. The zero-order valence-corrected chi connectivity index (χ0v) is 15.1. The second kappa shape index (κ2) is 13.2. The van der Waals surface area contributed by atoms with Crippen LogP contribution in [0, 0.1) is 5.92 Å². The molecule has 0 bridgehead atoms. The first-order valence-electron chi connectivity index (χ1n) is 9.37. The molecule has 0 fully saturated rings. The van der Waals surface area contributed by atoms with Crippen molar-refractivity contribution in [3.63, 3.8) is 0 Å². The van der Waals surface area contributed by atoms with Gasteiger partial charge in [-0.25, -0.2) is 0 Å².